The highest BCUT2D eigenvalue weighted by atomic mass is 35.5. The summed E-state index contributed by atoms with van der Waals surface area (Å²) in [6.07, 6.45) is 4.57. The van der Waals surface area contributed by atoms with Crippen LogP contribution in [0.2, 0.25) is 10.0 Å². The minimum absolute atomic E-state index is 0.00793. The van der Waals surface area contributed by atoms with Gasteiger partial charge in [0.1, 0.15) is 29.9 Å². The van der Waals surface area contributed by atoms with Crippen LogP contribution >= 0.6 is 23.2 Å². The summed E-state index contributed by atoms with van der Waals surface area (Å²) in [4.78, 5) is 8.28. The van der Waals surface area contributed by atoms with Crippen molar-refractivity contribution in [3.05, 3.63) is 81.9 Å². The third kappa shape index (κ3) is 5.75. The first-order chi connectivity index (χ1) is 16.2. The van der Waals surface area contributed by atoms with Crippen LogP contribution in [0.4, 0.5) is 8.78 Å². The highest BCUT2D eigenvalue weighted by Gasteiger charge is 2.37. The first-order valence-corrected chi connectivity index (χ1v) is 11.9. The molecule has 0 bridgehead atoms. The normalized spacial score (nSPS) is 17.3. The van der Waals surface area contributed by atoms with Gasteiger partial charge in [0.25, 0.3) is 0 Å². The smallest absolute Gasteiger partial charge is 0.137 e. The van der Waals surface area contributed by atoms with Crippen LogP contribution in [0.25, 0.3) is 0 Å². The molecular formula is C24H27Cl2F2N5O. The second kappa shape index (κ2) is 10.7. The van der Waals surface area contributed by atoms with E-state index in [4.69, 9.17) is 23.2 Å². The topological polar surface area (TPSA) is 57.4 Å². The van der Waals surface area contributed by atoms with E-state index in [-0.39, 0.29) is 24.7 Å². The Morgan fingerprint density at radius 1 is 1.18 bits per heavy atom. The lowest BCUT2D eigenvalue weighted by molar-refractivity contribution is -0.0314. The molecule has 2 heterocycles. The fraction of sp³-hybridized carbons (Fsp3) is 0.417. The Bertz CT molecular complexity index is 1110. The molecule has 1 atom stereocenters. The van der Waals surface area contributed by atoms with Crippen LogP contribution in [0.15, 0.2) is 49.1 Å². The lowest BCUT2D eigenvalue weighted by atomic mass is 9.91. The molecule has 3 aromatic rings. The Kier molecular flexibility index (Phi) is 7.84. The lowest BCUT2D eigenvalue weighted by Gasteiger charge is -2.40. The summed E-state index contributed by atoms with van der Waals surface area (Å²) in [6, 6.07) is 9.09. The predicted molar refractivity (Wildman–Crippen MR) is 128 cm³/mol. The molecule has 4 rings (SSSR count). The fourth-order valence-corrected chi connectivity index (χ4v) is 5.02. The van der Waals surface area contributed by atoms with Gasteiger partial charge in [-0.3, -0.25) is 4.90 Å². The largest absolute Gasteiger partial charge is 0.382 e. The first-order valence-electron chi connectivity index (χ1n) is 11.1. The van der Waals surface area contributed by atoms with Crippen molar-refractivity contribution in [3.63, 3.8) is 0 Å². The maximum absolute atomic E-state index is 14.7. The fourth-order valence-electron chi connectivity index (χ4n) is 4.64. The minimum Gasteiger partial charge on any atom is -0.382 e. The zero-order valence-electron chi connectivity index (χ0n) is 18.8. The predicted octanol–water partition coefficient (Wildman–Crippen LogP) is 4.35. The van der Waals surface area contributed by atoms with Gasteiger partial charge in [0.2, 0.25) is 0 Å². The lowest BCUT2D eigenvalue weighted by Crippen LogP contribution is -2.49. The summed E-state index contributed by atoms with van der Waals surface area (Å²) in [6.45, 7) is 2.56. The van der Waals surface area contributed by atoms with Gasteiger partial charge in [0.05, 0.1) is 16.6 Å². The van der Waals surface area contributed by atoms with Crippen LogP contribution in [0.5, 0.6) is 0 Å². The maximum atomic E-state index is 14.7. The number of likely N-dealkylation sites (tertiary alicyclic amines) is 1. The molecule has 34 heavy (non-hydrogen) atoms. The Hall–Kier alpha value is -2.10. The molecule has 0 spiro atoms. The van der Waals surface area contributed by atoms with E-state index in [1.54, 1.807) is 6.07 Å². The summed E-state index contributed by atoms with van der Waals surface area (Å²) < 4.78 is 29.7. The summed E-state index contributed by atoms with van der Waals surface area (Å²) in [5.41, 5.74) is -0.592. The molecule has 2 aromatic carbocycles. The van der Waals surface area contributed by atoms with Crippen LogP contribution in [-0.2, 0) is 18.7 Å². The van der Waals surface area contributed by atoms with Gasteiger partial charge in [-0.2, -0.15) is 5.10 Å². The third-order valence-electron chi connectivity index (χ3n) is 6.44. The number of piperidine rings is 1. The SMILES string of the molecule is CN(CC(O)(Cn1cncn1)c1ccc(F)cc1F)C1CCN(Cc2cccc(Cl)c2Cl)CC1. The van der Waals surface area contributed by atoms with E-state index in [1.807, 2.05) is 24.1 Å². The van der Waals surface area contributed by atoms with E-state index < -0.39 is 17.2 Å². The van der Waals surface area contributed by atoms with Crippen molar-refractivity contribution in [3.8, 4) is 0 Å². The number of halogens is 4. The molecule has 1 aromatic heterocycles. The van der Waals surface area contributed by atoms with Gasteiger partial charge in [-0.05, 0) is 50.7 Å². The molecule has 10 heteroatoms. The van der Waals surface area contributed by atoms with E-state index in [9.17, 15) is 13.9 Å². The van der Waals surface area contributed by atoms with Crippen LogP contribution in [0, 0.1) is 11.6 Å². The molecule has 1 unspecified atom stereocenters. The third-order valence-corrected chi connectivity index (χ3v) is 7.30. The average molecular weight is 510 g/mol. The standard InChI is InChI=1S/C24H27Cl2F2N5O/c1-31(19-7-9-32(10-8-19)12-17-3-2-4-21(25)23(17)26)13-24(34,14-33-16-29-15-30-33)20-6-5-18(27)11-22(20)28/h2-6,11,15-16,19,34H,7-10,12-14H2,1H3. The van der Waals surface area contributed by atoms with Crippen molar-refractivity contribution >= 4 is 23.2 Å². The molecular weight excluding hydrogens is 483 g/mol. The van der Waals surface area contributed by atoms with Crippen LogP contribution in [0.3, 0.4) is 0 Å². The van der Waals surface area contributed by atoms with Gasteiger partial charge in [0.15, 0.2) is 0 Å². The quantitative estimate of drug-likeness (QED) is 0.489. The van der Waals surface area contributed by atoms with E-state index in [2.05, 4.69) is 15.0 Å². The molecule has 0 amide bonds. The number of benzene rings is 2. The minimum atomic E-state index is -1.62. The Morgan fingerprint density at radius 3 is 2.62 bits per heavy atom. The van der Waals surface area contributed by atoms with E-state index in [0.29, 0.717) is 16.6 Å². The molecule has 0 aliphatic carbocycles. The monoisotopic (exact) mass is 509 g/mol. The van der Waals surface area contributed by atoms with Gasteiger partial charge in [0, 0.05) is 30.8 Å². The molecule has 182 valence electrons. The van der Waals surface area contributed by atoms with Crippen LogP contribution < -0.4 is 0 Å². The van der Waals surface area contributed by atoms with Gasteiger partial charge < -0.3 is 10.0 Å². The number of aliphatic hydroxyl groups is 1. The first kappa shape index (κ1) is 25.0. The summed E-state index contributed by atoms with van der Waals surface area (Å²) in [7, 11) is 1.92. The van der Waals surface area contributed by atoms with Crippen molar-refractivity contribution < 1.29 is 13.9 Å². The van der Waals surface area contributed by atoms with Gasteiger partial charge in [-0.1, -0.05) is 41.4 Å². The summed E-state index contributed by atoms with van der Waals surface area (Å²) in [5, 5.41) is 16.8. The molecule has 1 saturated heterocycles. The Labute approximate surface area is 207 Å². The average Bonchev–Trinajstić information content (AvgIpc) is 3.30. The molecule has 1 fully saturated rings. The zero-order valence-corrected chi connectivity index (χ0v) is 20.4. The number of hydrogen-bond acceptors (Lipinski definition) is 5. The van der Waals surface area contributed by atoms with Gasteiger partial charge >= 0.3 is 0 Å². The van der Waals surface area contributed by atoms with Crippen molar-refractivity contribution in [2.45, 2.75) is 37.6 Å². The Morgan fingerprint density at radius 2 is 1.94 bits per heavy atom. The van der Waals surface area contributed by atoms with Crippen molar-refractivity contribution in [1.82, 2.24) is 24.6 Å². The zero-order chi connectivity index (χ0) is 24.3. The summed E-state index contributed by atoms with van der Waals surface area (Å²) >= 11 is 12.5. The second-order valence-electron chi connectivity index (χ2n) is 8.88. The van der Waals surface area contributed by atoms with Crippen molar-refractivity contribution in [2.24, 2.45) is 0 Å². The number of hydrogen-bond donors (Lipinski definition) is 1. The number of likely N-dealkylation sites (N-methyl/N-ethyl adjacent to an activating group) is 1. The molecule has 1 aliphatic heterocycles. The summed E-state index contributed by atoms with van der Waals surface area (Å²) in [5.74, 6) is -1.48. The molecule has 0 radical (unpaired) electrons. The molecule has 6 nitrogen and oxygen atoms in total. The molecule has 1 aliphatic rings. The highest BCUT2D eigenvalue weighted by Crippen LogP contribution is 2.30. The van der Waals surface area contributed by atoms with Gasteiger partial charge in [-0.15, -0.1) is 0 Å². The highest BCUT2D eigenvalue weighted by molar-refractivity contribution is 6.42. The molecule has 0 saturated carbocycles. The van der Waals surface area contributed by atoms with Crippen molar-refractivity contribution in [1.29, 1.82) is 0 Å². The number of aromatic nitrogens is 3. The van der Waals surface area contributed by atoms with E-state index in [0.717, 1.165) is 43.6 Å². The van der Waals surface area contributed by atoms with Crippen molar-refractivity contribution in [2.75, 3.05) is 26.7 Å². The second-order valence-corrected chi connectivity index (χ2v) is 9.67. The maximum Gasteiger partial charge on any atom is 0.137 e. The Balaban J connectivity index is 1.44. The van der Waals surface area contributed by atoms with Gasteiger partial charge in [-0.25, -0.2) is 18.4 Å². The molecule has 1 N–H and O–H groups in total. The van der Waals surface area contributed by atoms with E-state index >= 15 is 0 Å². The van der Waals surface area contributed by atoms with Crippen LogP contribution in [0.1, 0.15) is 24.0 Å². The van der Waals surface area contributed by atoms with Crippen LogP contribution in [-0.4, -0.2) is 62.4 Å². The van der Waals surface area contributed by atoms with E-state index in [1.165, 1.54) is 23.4 Å². The number of rotatable bonds is 8. The number of nitrogens with zero attached hydrogens (tertiary/aromatic N) is 5.